The average Bonchev–Trinajstić information content (AvgIpc) is 3.69. The minimum atomic E-state index is -0.320. The van der Waals surface area contributed by atoms with Crippen LogP contribution in [0.5, 0.6) is 0 Å². The normalized spacial score (nSPS) is 18.8. The van der Waals surface area contributed by atoms with Crippen LogP contribution in [0.2, 0.25) is 0 Å². The first kappa shape index (κ1) is 23.2. The average molecular weight is 497 g/mol. The van der Waals surface area contributed by atoms with Gasteiger partial charge in [-0.3, -0.25) is 14.5 Å². The molecule has 188 valence electrons. The summed E-state index contributed by atoms with van der Waals surface area (Å²) in [6.45, 7) is 1.59. The van der Waals surface area contributed by atoms with E-state index in [0.717, 1.165) is 22.4 Å². The van der Waals surface area contributed by atoms with Gasteiger partial charge in [-0.05, 0) is 62.3 Å². The van der Waals surface area contributed by atoms with Gasteiger partial charge in [-0.2, -0.15) is 5.10 Å². The molecule has 2 aromatic heterocycles. The lowest BCUT2D eigenvalue weighted by Gasteiger charge is -2.32. The maximum absolute atomic E-state index is 13.5. The topological polar surface area (TPSA) is 91.3 Å². The first-order valence-electron chi connectivity index (χ1n) is 12.6. The fourth-order valence-electron chi connectivity index (χ4n) is 5.10. The number of hydrogen-bond donors (Lipinski definition) is 1. The lowest BCUT2D eigenvalue weighted by atomic mass is 9.95. The highest BCUT2D eigenvalue weighted by molar-refractivity contribution is 6.03. The maximum Gasteiger partial charge on any atom is 0.257 e. The zero-order valence-electron chi connectivity index (χ0n) is 20.4. The third-order valence-electron chi connectivity index (χ3n) is 7.11. The van der Waals surface area contributed by atoms with Crippen LogP contribution in [0.1, 0.15) is 36.8 Å². The van der Waals surface area contributed by atoms with Crippen molar-refractivity contribution in [3.63, 3.8) is 0 Å². The maximum atomic E-state index is 13.5. The van der Waals surface area contributed by atoms with Crippen molar-refractivity contribution >= 4 is 34.2 Å². The molecule has 8 heteroatoms. The van der Waals surface area contributed by atoms with Gasteiger partial charge in [0.15, 0.2) is 5.76 Å². The molecule has 2 aliphatic rings. The molecule has 4 aromatic rings. The SMILES string of the molecule is O=C(Nc1ccccc1)C1CCN(CC(=O)N2N=C(c3cc4ccccc4o3)C[C@H]2c2ccco2)CC1. The van der Waals surface area contributed by atoms with Crippen LogP contribution in [-0.2, 0) is 9.59 Å². The number of nitrogens with zero attached hydrogens (tertiary/aromatic N) is 3. The van der Waals surface area contributed by atoms with Gasteiger partial charge in [0.1, 0.15) is 23.1 Å². The van der Waals surface area contributed by atoms with Gasteiger partial charge in [-0.15, -0.1) is 0 Å². The van der Waals surface area contributed by atoms with Crippen molar-refractivity contribution in [3.05, 3.63) is 90.6 Å². The smallest absolute Gasteiger partial charge is 0.257 e. The number of carbonyl (C=O) groups is 2. The number of fused-ring (bicyclic) bond motifs is 1. The molecule has 0 bridgehead atoms. The van der Waals surface area contributed by atoms with Crippen molar-refractivity contribution < 1.29 is 18.4 Å². The van der Waals surface area contributed by atoms with Gasteiger partial charge in [0.2, 0.25) is 5.91 Å². The Morgan fingerprint density at radius 3 is 2.51 bits per heavy atom. The Balaban J connectivity index is 1.12. The fourth-order valence-corrected chi connectivity index (χ4v) is 5.10. The number of furan rings is 2. The van der Waals surface area contributed by atoms with E-state index in [1.54, 1.807) is 6.26 Å². The van der Waals surface area contributed by atoms with Gasteiger partial charge < -0.3 is 14.2 Å². The highest BCUT2D eigenvalue weighted by Crippen LogP contribution is 2.34. The van der Waals surface area contributed by atoms with Crippen molar-refractivity contribution in [3.8, 4) is 0 Å². The number of carbonyl (C=O) groups excluding carboxylic acids is 2. The van der Waals surface area contributed by atoms with Gasteiger partial charge in [0, 0.05) is 23.4 Å². The quantitative estimate of drug-likeness (QED) is 0.403. The molecule has 6 rings (SSSR count). The predicted molar refractivity (Wildman–Crippen MR) is 140 cm³/mol. The van der Waals surface area contributed by atoms with Crippen molar-refractivity contribution in [1.29, 1.82) is 0 Å². The number of hydrogen-bond acceptors (Lipinski definition) is 6. The molecule has 1 atom stereocenters. The van der Waals surface area contributed by atoms with E-state index in [-0.39, 0.29) is 30.3 Å². The number of amides is 2. The zero-order valence-corrected chi connectivity index (χ0v) is 20.4. The van der Waals surface area contributed by atoms with Crippen LogP contribution >= 0.6 is 0 Å². The van der Waals surface area contributed by atoms with Crippen molar-refractivity contribution in [2.45, 2.75) is 25.3 Å². The predicted octanol–water partition coefficient (Wildman–Crippen LogP) is 5.05. The van der Waals surface area contributed by atoms with Crippen LogP contribution in [0.25, 0.3) is 11.0 Å². The number of para-hydroxylation sites is 2. The minimum absolute atomic E-state index is 0.0367. The van der Waals surface area contributed by atoms with Crippen molar-refractivity contribution in [2.75, 3.05) is 25.0 Å². The molecule has 0 spiro atoms. The lowest BCUT2D eigenvalue weighted by molar-refractivity contribution is -0.135. The number of anilines is 1. The molecular formula is C29H28N4O4. The molecule has 2 aliphatic heterocycles. The Bertz CT molecular complexity index is 1390. The number of benzene rings is 2. The number of likely N-dealkylation sites (tertiary alicyclic amines) is 1. The van der Waals surface area contributed by atoms with Crippen molar-refractivity contribution in [1.82, 2.24) is 9.91 Å². The molecule has 1 N–H and O–H groups in total. The van der Waals surface area contributed by atoms with Crippen molar-refractivity contribution in [2.24, 2.45) is 11.0 Å². The third kappa shape index (κ3) is 4.93. The summed E-state index contributed by atoms with van der Waals surface area (Å²) in [5.74, 6) is 1.24. The molecular weight excluding hydrogens is 468 g/mol. The molecule has 0 aliphatic carbocycles. The van der Waals surface area contributed by atoms with Crippen LogP contribution in [0.4, 0.5) is 5.69 Å². The molecule has 4 heterocycles. The first-order chi connectivity index (χ1) is 18.1. The van der Waals surface area contributed by atoms with Crippen LogP contribution < -0.4 is 5.32 Å². The molecule has 0 saturated carbocycles. The largest absolute Gasteiger partial charge is 0.467 e. The second-order valence-corrected chi connectivity index (χ2v) is 9.57. The van der Waals surface area contributed by atoms with Crippen LogP contribution in [0.15, 0.2) is 93.0 Å². The summed E-state index contributed by atoms with van der Waals surface area (Å²) in [6.07, 6.45) is 3.55. The lowest BCUT2D eigenvalue weighted by Crippen LogP contribution is -2.43. The standard InChI is InChI=1S/C29H28N4O4/c34-28(19-32-14-12-20(13-15-32)29(35)30-22-8-2-1-3-9-22)33-24(26-11-6-16-36-26)18-23(31-33)27-17-21-7-4-5-10-25(21)37-27/h1-11,16-17,20,24H,12-15,18-19H2,(H,30,35)/t24-/m0/s1. The number of rotatable bonds is 6. The molecule has 0 radical (unpaired) electrons. The second kappa shape index (κ2) is 10.1. The van der Waals surface area contributed by atoms with E-state index in [4.69, 9.17) is 13.9 Å². The molecule has 8 nitrogen and oxygen atoms in total. The van der Waals surface area contributed by atoms with Gasteiger partial charge >= 0.3 is 0 Å². The Morgan fingerprint density at radius 1 is 0.973 bits per heavy atom. The van der Waals surface area contributed by atoms with Gasteiger partial charge in [0.25, 0.3) is 5.91 Å². The van der Waals surface area contributed by atoms with E-state index in [2.05, 4.69) is 10.2 Å². The molecule has 2 aromatic carbocycles. The van der Waals surface area contributed by atoms with Gasteiger partial charge in [0.05, 0.1) is 12.8 Å². The van der Waals surface area contributed by atoms with E-state index >= 15 is 0 Å². The van der Waals surface area contributed by atoms with E-state index in [0.29, 0.717) is 43.9 Å². The van der Waals surface area contributed by atoms with E-state index in [9.17, 15) is 9.59 Å². The van der Waals surface area contributed by atoms with E-state index in [1.807, 2.05) is 72.8 Å². The van der Waals surface area contributed by atoms with E-state index in [1.165, 1.54) is 5.01 Å². The Morgan fingerprint density at radius 2 is 1.76 bits per heavy atom. The van der Waals surface area contributed by atoms with Crippen LogP contribution in [0.3, 0.4) is 0 Å². The second-order valence-electron chi connectivity index (χ2n) is 9.57. The summed E-state index contributed by atoms with van der Waals surface area (Å²) in [5.41, 5.74) is 2.32. The minimum Gasteiger partial charge on any atom is -0.467 e. The number of nitrogens with one attached hydrogen (secondary N) is 1. The van der Waals surface area contributed by atoms with Crippen LogP contribution in [0, 0.1) is 5.92 Å². The summed E-state index contributed by atoms with van der Waals surface area (Å²) < 4.78 is 11.7. The summed E-state index contributed by atoms with van der Waals surface area (Å²) in [5, 5.41) is 10.2. The highest BCUT2D eigenvalue weighted by Gasteiger charge is 2.37. The monoisotopic (exact) mass is 496 g/mol. The highest BCUT2D eigenvalue weighted by atomic mass is 16.3. The van der Waals surface area contributed by atoms with E-state index < -0.39 is 0 Å². The molecule has 0 unspecified atom stereocenters. The van der Waals surface area contributed by atoms with Gasteiger partial charge in [-0.25, -0.2) is 5.01 Å². The summed E-state index contributed by atoms with van der Waals surface area (Å²) in [6, 6.07) is 22.7. The number of hydrazone groups is 1. The fraction of sp³-hybridized carbons (Fsp3) is 0.276. The summed E-state index contributed by atoms with van der Waals surface area (Å²) >= 11 is 0. The molecule has 37 heavy (non-hydrogen) atoms. The summed E-state index contributed by atoms with van der Waals surface area (Å²) in [7, 11) is 0. The third-order valence-corrected chi connectivity index (χ3v) is 7.11. The molecule has 1 saturated heterocycles. The number of piperidine rings is 1. The van der Waals surface area contributed by atoms with Crippen LogP contribution in [-0.4, -0.2) is 47.1 Å². The Hall–Kier alpha value is -4.17. The molecule has 1 fully saturated rings. The first-order valence-corrected chi connectivity index (χ1v) is 12.6. The Labute approximate surface area is 214 Å². The zero-order chi connectivity index (χ0) is 25.2. The van der Waals surface area contributed by atoms with Gasteiger partial charge in [-0.1, -0.05) is 36.4 Å². The summed E-state index contributed by atoms with van der Waals surface area (Å²) in [4.78, 5) is 28.2. The molecule has 2 amide bonds. The Kier molecular flexibility index (Phi) is 6.32.